The number of phenols is 1. The summed E-state index contributed by atoms with van der Waals surface area (Å²) in [5.41, 5.74) is 3.38. The zero-order valence-corrected chi connectivity index (χ0v) is 13.4. The number of amides is 1. The topological polar surface area (TPSA) is 70.9 Å². The Hall–Kier alpha value is -2.09. The van der Waals surface area contributed by atoms with Gasteiger partial charge in [-0.05, 0) is 58.5 Å². The Kier molecular flexibility index (Phi) is 5.15. The first-order valence-electron chi connectivity index (χ1n) is 6.06. The molecule has 1 amide bonds. The normalized spacial score (nSPS) is 10.6. The Morgan fingerprint density at radius 2 is 2.10 bits per heavy atom. The number of hydrogen-bond donors (Lipinski definition) is 2. The quantitative estimate of drug-likeness (QED) is 0.475. The van der Waals surface area contributed by atoms with Gasteiger partial charge in [-0.15, -0.1) is 0 Å². The van der Waals surface area contributed by atoms with Gasteiger partial charge in [0, 0.05) is 0 Å². The van der Waals surface area contributed by atoms with Gasteiger partial charge in [-0.1, -0.05) is 12.1 Å². The molecule has 0 heterocycles. The fraction of sp³-hybridized carbons (Fsp3) is 0.0667. The summed E-state index contributed by atoms with van der Waals surface area (Å²) in [5, 5.41) is 13.4. The molecule has 0 saturated heterocycles. The van der Waals surface area contributed by atoms with Crippen molar-refractivity contribution in [3.05, 3.63) is 57.2 Å². The van der Waals surface area contributed by atoms with Crippen molar-refractivity contribution in [1.29, 1.82) is 0 Å². The number of rotatable bonds is 4. The smallest absolute Gasteiger partial charge is 0.275 e. The van der Waals surface area contributed by atoms with Crippen molar-refractivity contribution in [1.82, 2.24) is 5.43 Å². The first-order valence-corrected chi connectivity index (χ1v) is 7.14. The van der Waals surface area contributed by atoms with E-state index in [1.165, 1.54) is 18.3 Å². The van der Waals surface area contributed by atoms with E-state index in [2.05, 4.69) is 33.1 Å². The van der Waals surface area contributed by atoms with Gasteiger partial charge in [0.1, 0.15) is 11.5 Å². The summed E-state index contributed by atoms with van der Waals surface area (Å²) in [5.74, 6) is 0.239. The van der Waals surface area contributed by atoms with Gasteiger partial charge in [-0.3, -0.25) is 4.79 Å². The Balaban J connectivity index is 2.04. The Morgan fingerprint density at radius 3 is 2.76 bits per heavy atom. The van der Waals surface area contributed by atoms with E-state index in [0.29, 0.717) is 0 Å². The number of nitrogens with zero attached hydrogens (tertiary/aromatic N) is 1. The lowest BCUT2D eigenvalue weighted by molar-refractivity contribution is 0.0952. The molecule has 0 fully saturated rings. The molecule has 0 aliphatic carbocycles. The van der Waals surface area contributed by atoms with Crippen molar-refractivity contribution >= 4 is 34.7 Å². The van der Waals surface area contributed by atoms with E-state index >= 15 is 0 Å². The van der Waals surface area contributed by atoms with Crippen LogP contribution in [0.15, 0.2) is 47.6 Å². The summed E-state index contributed by atoms with van der Waals surface area (Å²) in [4.78, 5) is 11.8. The molecule has 0 spiro atoms. The van der Waals surface area contributed by atoms with E-state index in [-0.39, 0.29) is 11.3 Å². The highest BCUT2D eigenvalue weighted by molar-refractivity contribution is 14.1. The number of hydrazone groups is 1. The number of carbonyl (C=O) groups is 1. The molecule has 0 bridgehead atoms. The molecule has 2 N–H and O–H groups in total. The molecule has 0 saturated carbocycles. The van der Waals surface area contributed by atoms with Crippen LogP contribution in [0.2, 0.25) is 0 Å². The maximum atomic E-state index is 11.8. The molecule has 0 unspecified atom stereocenters. The summed E-state index contributed by atoms with van der Waals surface area (Å²) in [7, 11) is 1.61. The van der Waals surface area contributed by atoms with Gasteiger partial charge < -0.3 is 9.84 Å². The van der Waals surface area contributed by atoms with Gasteiger partial charge in [0.2, 0.25) is 0 Å². The molecule has 2 aromatic carbocycles. The second kappa shape index (κ2) is 7.07. The number of methoxy groups -OCH3 is 1. The molecule has 0 aromatic heterocycles. The van der Waals surface area contributed by atoms with Crippen molar-refractivity contribution in [3.8, 4) is 11.5 Å². The van der Waals surface area contributed by atoms with Crippen LogP contribution in [0.3, 0.4) is 0 Å². The molecule has 108 valence electrons. The average molecular weight is 396 g/mol. The molecule has 0 aliphatic heterocycles. The van der Waals surface area contributed by atoms with Gasteiger partial charge in [0.25, 0.3) is 5.91 Å². The predicted molar refractivity (Wildman–Crippen MR) is 88.9 cm³/mol. The molecule has 2 aromatic rings. The minimum Gasteiger partial charge on any atom is -0.507 e. The van der Waals surface area contributed by atoms with Crippen molar-refractivity contribution in [3.63, 3.8) is 0 Å². The van der Waals surface area contributed by atoms with E-state index in [1.807, 2.05) is 18.2 Å². The van der Waals surface area contributed by atoms with Gasteiger partial charge in [0.15, 0.2) is 0 Å². The van der Waals surface area contributed by atoms with E-state index < -0.39 is 5.91 Å². The van der Waals surface area contributed by atoms with Crippen molar-refractivity contribution in [2.24, 2.45) is 5.10 Å². The Labute approximate surface area is 135 Å². The van der Waals surface area contributed by atoms with Gasteiger partial charge >= 0.3 is 0 Å². The van der Waals surface area contributed by atoms with Crippen LogP contribution >= 0.6 is 22.6 Å². The largest absolute Gasteiger partial charge is 0.507 e. The monoisotopic (exact) mass is 396 g/mol. The number of nitrogens with one attached hydrogen (secondary N) is 1. The van der Waals surface area contributed by atoms with Crippen LogP contribution in [-0.4, -0.2) is 24.3 Å². The number of halogens is 1. The lowest BCUT2D eigenvalue weighted by Gasteiger charge is -2.04. The summed E-state index contributed by atoms with van der Waals surface area (Å²) in [6.45, 7) is 0. The highest BCUT2D eigenvalue weighted by Crippen LogP contribution is 2.20. The molecule has 2 rings (SSSR count). The number of carbonyl (C=O) groups excluding carboxylic acids is 1. The SMILES string of the molecule is COc1ccc(/C=N\NC(=O)c2ccccc2O)cc1I. The van der Waals surface area contributed by atoms with Crippen molar-refractivity contribution in [2.45, 2.75) is 0 Å². The number of aromatic hydroxyl groups is 1. The van der Waals surface area contributed by atoms with E-state index in [4.69, 9.17) is 4.74 Å². The summed E-state index contributed by atoms with van der Waals surface area (Å²) >= 11 is 2.16. The first-order chi connectivity index (χ1) is 10.1. The fourth-order valence-electron chi connectivity index (χ4n) is 1.65. The van der Waals surface area contributed by atoms with Gasteiger partial charge in [0.05, 0.1) is 22.5 Å². The number of ether oxygens (including phenoxy) is 1. The summed E-state index contributed by atoms with van der Waals surface area (Å²) in [6, 6.07) is 11.8. The zero-order valence-electron chi connectivity index (χ0n) is 11.2. The second-order valence-corrected chi connectivity index (χ2v) is 5.27. The van der Waals surface area contributed by atoms with Crippen LogP contribution < -0.4 is 10.2 Å². The minimum atomic E-state index is -0.465. The summed E-state index contributed by atoms with van der Waals surface area (Å²) < 4.78 is 6.11. The third-order valence-corrected chi connectivity index (χ3v) is 3.55. The molecule has 21 heavy (non-hydrogen) atoms. The van der Waals surface area contributed by atoms with Gasteiger partial charge in [-0.25, -0.2) is 5.43 Å². The maximum absolute atomic E-state index is 11.8. The molecule has 6 heteroatoms. The van der Waals surface area contributed by atoms with Crippen LogP contribution in [0.5, 0.6) is 11.5 Å². The van der Waals surface area contributed by atoms with E-state index in [1.54, 1.807) is 19.2 Å². The second-order valence-electron chi connectivity index (χ2n) is 4.11. The molecule has 0 atom stereocenters. The third-order valence-electron chi connectivity index (χ3n) is 2.70. The molecular formula is C15H13IN2O3. The van der Waals surface area contributed by atoms with Crippen LogP contribution in [0, 0.1) is 3.57 Å². The Morgan fingerprint density at radius 1 is 1.33 bits per heavy atom. The van der Waals surface area contributed by atoms with E-state index in [9.17, 15) is 9.90 Å². The van der Waals surface area contributed by atoms with Crippen LogP contribution in [0.25, 0.3) is 0 Å². The van der Waals surface area contributed by atoms with Crippen LogP contribution in [0.4, 0.5) is 0 Å². The van der Waals surface area contributed by atoms with Crippen molar-refractivity contribution in [2.75, 3.05) is 7.11 Å². The van der Waals surface area contributed by atoms with Crippen LogP contribution in [-0.2, 0) is 0 Å². The third kappa shape index (κ3) is 3.94. The fourth-order valence-corrected chi connectivity index (χ4v) is 2.41. The van der Waals surface area contributed by atoms with E-state index in [0.717, 1.165) is 14.9 Å². The summed E-state index contributed by atoms with van der Waals surface area (Å²) in [6.07, 6.45) is 1.53. The highest BCUT2D eigenvalue weighted by atomic mass is 127. The standard InChI is InChI=1S/C15H13IN2O3/c1-21-14-7-6-10(8-12(14)16)9-17-18-15(20)11-4-2-3-5-13(11)19/h2-9,19H,1H3,(H,18,20)/b17-9-. The molecular weight excluding hydrogens is 383 g/mol. The zero-order chi connectivity index (χ0) is 15.2. The van der Waals surface area contributed by atoms with Crippen molar-refractivity contribution < 1.29 is 14.6 Å². The number of hydrogen-bond acceptors (Lipinski definition) is 4. The minimum absolute atomic E-state index is 0.0794. The van der Waals surface area contributed by atoms with Gasteiger partial charge in [-0.2, -0.15) is 5.10 Å². The molecule has 0 radical (unpaired) electrons. The Bertz CT molecular complexity index is 686. The molecule has 0 aliphatic rings. The highest BCUT2D eigenvalue weighted by Gasteiger charge is 2.08. The lowest BCUT2D eigenvalue weighted by atomic mass is 10.2. The number of phenolic OH excluding ortho intramolecular Hbond substituents is 1. The van der Waals surface area contributed by atoms with Crippen LogP contribution in [0.1, 0.15) is 15.9 Å². The maximum Gasteiger partial charge on any atom is 0.275 e. The molecule has 5 nitrogen and oxygen atoms in total. The lowest BCUT2D eigenvalue weighted by Crippen LogP contribution is -2.17. The number of benzene rings is 2. The average Bonchev–Trinajstić information content (AvgIpc) is 2.48. The first kappa shape index (κ1) is 15.3. The predicted octanol–water partition coefficient (Wildman–Crippen LogP) is 2.77. The number of para-hydroxylation sites is 1.